The van der Waals surface area contributed by atoms with Crippen molar-refractivity contribution in [2.75, 3.05) is 6.54 Å². The number of nitrogens with two attached hydrogens (primary N) is 1. The summed E-state index contributed by atoms with van der Waals surface area (Å²) in [5, 5.41) is 0. The van der Waals surface area contributed by atoms with E-state index in [0.29, 0.717) is 5.92 Å². The van der Waals surface area contributed by atoms with E-state index in [9.17, 15) is 0 Å². The fourth-order valence-electron chi connectivity index (χ4n) is 1.49. The van der Waals surface area contributed by atoms with Crippen molar-refractivity contribution in [3.8, 4) is 11.8 Å². The highest BCUT2D eigenvalue weighted by Gasteiger charge is 2.00. The Kier molecular flexibility index (Phi) is 5.67. The monoisotopic (exact) mass is 215 g/mol. The summed E-state index contributed by atoms with van der Waals surface area (Å²) >= 11 is 0. The fourth-order valence-corrected chi connectivity index (χ4v) is 1.49. The van der Waals surface area contributed by atoms with E-state index in [1.165, 1.54) is 12.0 Å². The van der Waals surface area contributed by atoms with E-state index in [1.54, 1.807) is 0 Å². The molecular weight excluding hydrogens is 194 g/mol. The van der Waals surface area contributed by atoms with E-state index in [1.807, 2.05) is 0 Å². The molecule has 1 atom stereocenters. The van der Waals surface area contributed by atoms with Gasteiger partial charge in [0.1, 0.15) is 0 Å². The van der Waals surface area contributed by atoms with E-state index in [4.69, 9.17) is 5.73 Å². The van der Waals surface area contributed by atoms with Gasteiger partial charge in [-0.25, -0.2) is 0 Å². The Hall–Kier alpha value is -1.26. The molecule has 1 rings (SSSR count). The normalized spacial score (nSPS) is 11.7. The van der Waals surface area contributed by atoms with Crippen LogP contribution < -0.4 is 5.73 Å². The second kappa shape index (κ2) is 7.09. The molecule has 0 heterocycles. The molecule has 1 aromatic rings. The number of hydrogen-bond acceptors (Lipinski definition) is 1. The maximum absolute atomic E-state index is 5.41. The highest BCUT2D eigenvalue weighted by atomic mass is 14.5. The Balaban J connectivity index is 2.59. The molecule has 0 aliphatic rings. The van der Waals surface area contributed by atoms with E-state index in [2.05, 4.69) is 50.0 Å². The van der Waals surface area contributed by atoms with Crippen LogP contribution in [0.2, 0.25) is 0 Å². The Bertz CT molecular complexity index is 353. The van der Waals surface area contributed by atoms with Gasteiger partial charge in [0.15, 0.2) is 0 Å². The van der Waals surface area contributed by atoms with Crippen molar-refractivity contribution in [1.29, 1.82) is 0 Å². The van der Waals surface area contributed by atoms with Crippen molar-refractivity contribution < 1.29 is 0 Å². The number of hydrogen-bond donors (Lipinski definition) is 1. The standard InChI is InChI=1S/C15H21N/c1-3-13(2)15-10-8-14(9-11-15)7-5-4-6-12-16/h8-11,13H,3-4,6,12,16H2,1-2H3. The smallest absolute Gasteiger partial charge is 0.0245 e. The summed E-state index contributed by atoms with van der Waals surface area (Å²) in [5.74, 6) is 6.93. The molecule has 0 aliphatic heterocycles. The first-order valence-electron chi connectivity index (χ1n) is 6.06. The van der Waals surface area contributed by atoms with Crippen LogP contribution in [0, 0.1) is 11.8 Å². The van der Waals surface area contributed by atoms with Crippen LogP contribution in [0.1, 0.15) is 50.2 Å². The maximum atomic E-state index is 5.41. The van der Waals surface area contributed by atoms with E-state index >= 15 is 0 Å². The summed E-state index contributed by atoms with van der Waals surface area (Å²) in [6, 6.07) is 8.58. The van der Waals surface area contributed by atoms with Gasteiger partial charge in [-0.05, 0) is 43.0 Å². The van der Waals surface area contributed by atoms with Gasteiger partial charge in [-0.2, -0.15) is 0 Å². The molecule has 0 bridgehead atoms. The fraction of sp³-hybridized carbons (Fsp3) is 0.467. The first-order chi connectivity index (χ1) is 7.77. The second-order valence-corrected chi connectivity index (χ2v) is 4.13. The van der Waals surface area contributed by atoms with Crippen LogP contribution in [0.3, 0.4) is 0 Å². The molecule has 0 saturated carbocycles. The molecule has 1 unspecified atom stereocenters. The van der Waals surface area contributed by atoms with E-state index < -0.39 is 0 Å². The van der Waals surface area contributed by atoms with Crippen LogP contribution in [-0.2, 0) is 0 Å². The third-order valence-electron chi connectivity index (χ3n) is 2.83. The topological polar surface area (TPSA) is 26.0 Å². The summed E-state index contributed by atoms with van der Waals surface area (Å²) < 4.78 is 0. The lowest BCUT2D eigenvalue weighted by Crippen LogP contribution is -1.96. The summed E-state index contributed by atoms with van der Waals surface area (Å²) in [4.78, 5) is 0. The lowest BCUT2D eigenvalue weighted by Gasteiger charge is -2.07. The predicted octanol–water partition coefficient (Wildman–Crippen LogP) is 3.29. The molecule has 0 aliphatic carbocycles. The molecule has 1 heteroatoms. The largest absolute Gasteiger partial charge is 0.330 e. The lowest BCUT2D eigenvalue weighted by molar-refractivity contribution is 0.733. The molecule has 0 spiro atoms. The van der Waals surface area contributed by atoms with Gasteiger partial charge < -0.3 is 5.73 Å². The maximum Gasteiger partial charge on any atom is 0.0245 e. The lowest BCUT2D eigenvalue weighted by atomic mass is 9.98. The zero-order chi connectivity index (χ0) is 11.8. The summed E-state index contributed by atoms with van der Waals surface area (Å²) in [5.41, 5.74) is 7.91. The Morgan fingerprint density at radius 3 is 2.50 bits per heavy atom. The van der Waals surface area contributed by atoms with Crippen LogP contribution in [0.5, 0.6) is 0 Å². The minimum atomic E-state index is 0.638. The average molecular weight is 215 g/mol. The molecule has 86 valence electrons. The zero-order valence-electron chi connectivity index (χ0n) is 10.3. The minimum Gasteiger partial charge on any atom is -0.330 e. The molecule has 16 heavy (non-hydrogen) atoms. The van der Waals surface area contributed by atoms with Gasteiger partial charge >= 0.3 is 0 Å². The molecule has 0 fully saturated rings. The molecule has 1 nitrogen and oxygen atoms in total. The number of rotatable bonds is 4. The summed E-state index contributed by atoms with van der Waals surface area (Å²) in [7, 11) is 0. The van der Waals surface area contributed by atoms with Crippen LogP contribution in [0.15, 0.2) is 24.3 Å². The van der Waals surface area contributed by atoms with Crippen LogP contribution in [-0.4, -0.2) is 6.54 Å². The van der Waals surface area contributed by atoms with Gasteiger partial charge in [0, 0.05) is 12.0 Å². The molecule has 0 amide bonds. The van der Waals surface area contributed by atoms with Gasteiger partial charge in [0.05, 0.1) is 0 Å². The average Bonchev–Trinajstić information content (AvgIpc) is 2.34. The first kappa shape index (κ1) is 12.8. The molecule has 2 N–H and O–H groups in total. The van der Waals surface area contributed by atoms with E-state index in [-0.39, 0.29) is 0 Å². The Labute approximate surface area is 99.1 Å². The number of unbranched alkanes of at least 4 members (excludes halogenated alkanes) is 1. The molecule has 0 aromatic heterocycles. The third-order valence-corrected chi connectivity index (χ3v) is 2.83. The molecular formula is C15H21N. The van der Waals surface area contributed by atoms with Crippen LogP contribution in [0.25, 0.3) is 0 Å². The summed E-state index contributed by atoms with van der Waals surface area (Å²) in [6.07, 6.45) is 3.06. The van der Waals surface area contributed by atoms with Gasteiger partial charge in [-0.1, -0.05) is 37.8 Å². The van der Waals surface area contributed by atoms with Crippen molar-refractivity contribution in [2.24, 2.45) is 5.73 Å². The van der Waals surface area contributed by atoms with E-state index in [0.717, 1.165) is 24.9 Å². The van der Waals surface area contributed by atoms with Crippen molar-refractivity contribution in [3.05, 3.63) is 35.4 Å². The predicted molar refractivity (Wildman–Crippen MR) is 70.3 cm³/mol. The zero-order valence-corrected chi connectivity index (χ0v) is 10.3. The quantitative estimate of drug-likeness (QED) is 0.605. The van der Waals surface area contributed by atoms with Gasteiger partial charge in [0.2, 0.25) is 0 Å². The highest BCUT2D eigenvalue weighted by Crippen LogP contribution is 2.18. The summed E-state index contributed by atoms with van der Waals surface area (Å²) in [6.45, 7) is 5.19. The first-order valence-corrected chi connectivity index (χ1v) is 6.06. The molecule has 0 saturated heterocycles. The van der Waals surface area contributed by atoms with Crippen molar-refractivity contribution in [2.45, 2.75) is 39.0 Å². The number of benzene rings is 1. The minimum absolute atomic E-state index is 0.638. The Morgan fingerprint density at radius 2 is 1.94 bits per heavy atom. The van der Waals surface area contributed by atoms with Gasteiger partial charge in [0.25, 0.3) is 0 Å². The SMILES string of the molecule is CCC(C)c1ccc(C#CCCCN)cc1. The Morgan fingerprint density at radius 1 is 1.25 bits per heavy atom. The van der Waals surface area contributed by atoms with Crippen molar-refractivity contribution in [3.63, 3.8) is 0 Å². The van der Waals surface area contributed by atoms with Crippen LogP contribution in [0.4, 0.5) is 0 Å². The second-order valence-electron chi connectivity index (χ2n) is 4.13. The molecule has 1 aromatic carbocycles. The third kappa shape index (κ3) is 4.08. The van der Waals surface area contributed by atoms with Crippen molar-refractivity contribution >= 4 is 0 Å². The highest BCUT2D eigenvalue weighted by molar-refractivity contribution is 5.36. The van der Waals surface area contributed by atoms with Crippen molar-refractivity contribution in [1.82, 2.24) is 0 Å². The molecule has 0 radical (unpaired) electrons. The van der Waals surface area contributed by atoms with Crippen LogP contribution >= 0.6 is 0 Å². The van der Waals surface area contributed by atoms with Gasteiger partial charge in [-0.3, -0.25) is 0 Å². The van der Waals surface area contributed by atoms with Gasteiger partial charge in [-0.15, -0.1) is 0 Å².